The Kier molecular flexibility index (Phi) is 4.02. The van der Waals surface area contributed by atoms with Crippen LogP contribution in [0, 0.1) is 6.92 Å². The summed E-state index contributed by atoms with van der Waals surface area (Å²) in [5.74, 6) is 0.972. The van der Waals surface area contributed by atoms with Gasteiger partial charge in [0.1, 0.15) is 5.82 Å². The number of piperidine rings is 1. The normalized spacial score (nSPS) is 28.1. The number of aryl methyl sites for hydroxylation is 1. The minimum atomic E-state index is -0.634. The van der Waals surface area contributed by atoms with Gasteiger partial charge in [-0.3, -0.25) is 9.88 Å². The Hall–Kier alpha value is -2.24. The van der Waals surface area contributed by atoms with E-state index < -0.39 is 5.60 Å². The van der Waals surface area contributed by atoms with E-state index in [9.17, 15) is 5.11 Å². The molecule has 2 bridgehead atoms. The molecular formula is C22H26N4O. The van der Waals surface area contributed by atoms with Crippen molar-refractivity contribution in [3.63, 3.8) is 0 Å². The molecular weight excluding hydrogens is 336 g/mol. The van der Waals surface area contributed by atoms with Crippen molar-refractivity contribution >= 4 is 10.9 Å². The van der Waals surface area contributed by atoms with Crippen LogP contribution >= 0.6 is 0 Å². The van der Waals surface area contributed by atoms with Crippen molar-refractivity contribution in [2.45, 2.75) is 63.4 Å². The number of rotatable bonds is 4. The van der Waals surface area contributed by atoms with Gasteiger partial charge in [0.2, 0.25) is 0 Å². The van der Waals surface area contributed by atoms with Crippen molar-refractivity contribution in [2.24, 2.45) is 0 Å². The third-order valence-corrected chi connectivity index (χ3v) is 6.46. The largest absolute Gasteiger partial charge is 0.388 e. The summed E-state index contributed by atoms with van der Waals surface area (Å²) in [5.41, 5.74) is 1.76. The Bertz CT molecular complexity index is 946. The van der Waals surface area contributed by atoms with E-state index in [2.05, 4.69) is 43.7 Å². The van der Waals surface area contributed by atoms with E-state index in [1.165, 1.54) is 23.8 Å². The number of imidazole rings is 1. The minimum Gasteiger partial charge on any atom is -0.388 e. The Morgan fingerprint density at radius 2 is 1.85 bits per heavy atom. The monoisotopic (exact) mass is 362 g/mol. The molecule has 1 unspecified atom stereocenters. The summed E-state index contributed by atoms with van der Waals surface area (Å²) >= 11 is 0. The molecule has 0 spiro atoms. The summed E-state index contributed by atoms with van der Waals surface area (Å²) in [4.78, 5) is 11.5. The maximum atomic E-state index is 11.3. The SMILES string of the molecule is Cc1nccn1CC1(O)C[C@H]2CC[C@@H](C1)N2Cc1cccc2cccnc12. The Morgan fingerprint density at radius 1 is 1.07 bits per heavy atom. The number of pyridine rings is 1. The lowest BCUT2D eigenvalue weighted by atomic mass is 9.85. The molecule has 4 heterocycles. The fourth-order valence-corrected chi connectivity index (χ4v) is 5.18. The standard InChI is InChI=1S/C22H26N4O/c1-16-23-10-11-25(16)15-22(27)12-19-7-8-20(13-22)26(19)14-18-5-2-4-17-6-3-9-24-21(17)18/h2-6,9-11,19-20,27H,7-8,12-15H2,1H3/t19-,20+,22?. The van der Waals surface area contributed by atoms with Crippen LogP contribution in [-0.2, 0) is 13.1 Å². The number of aromatic nitrogens is 3. The van der Waals surface area contributed by atoms with Crippen LogP contribution < -0.4 is 0 Å². The fourth-order valence-electron chi connectivity index (χ4n) is 5.18. The second-order valence-electron chi connectivity index (χ2n) is 8.28. The van der Waals surface area contributed by atoms with Crippen molar-refractivity contribution in [3.8, 4) is 0 Å². The average molecular weight is 362 g/mol. The summed E-state index contributed by atoms with van der Waals surface area (Å²) < 4.78 is 2.09. The second-order valence-corrected chi connectivity index (χ2v) is 8.28. The van der Waals surface area contributed by atoms with Crippen LogP contribution in [0.15, 0.2) is 48.9 Å². The van der Waals surface area contributed by atoms with Crippen LogP contribution in [-0.4, -0.2) is 42.2 Å². The van der Waals surface area contributed by atoms with Crippen LogP contribution in [0.25, 0.3) is 10.9 Å². The van der Waals surface area contributed by atoms with Crippen molar-refractivity contribution < 1.29 is 5.11 Å². The first kappa shape index (κ1) is 16.9. The highest BCUT2D eigenvalue weighted by molar-refractivity contribution is 5.81. The summed E-state index contributed by atoms with van der Waals surface area (Å²) in [6.07, 6.45) is 9.68. The van der Waals surface area contributed by atoms with Gasteiger partial charge in [-0.05, 0) is 44.2 Å². The van der Waals surface area contributed by atoms with Crippen LogP contribution in [0.2, 0.25) is 0 Å². The first-order valence-corrected chi connectivity index (χ1v) is 9.90. The van der Waals surface area contributed by atoms with Crippen LogP contribution in [0.1, 0.15) is 37.1 Å². The van der Waals surface area contributed by atoms with Crippen molar-refractivity contribution in [3.05, 3.63) is 60.3 Å². The molecule has 5 rings (SSSR count). The smallest absolute Gasteiger partial charge is 0.105 e. The molecule has 2 aliphatic heterocycles. The molecule has 2 aromatic heterocycles. The van der Waals surface area contributed by atoms with Crippen LogP contribution in [0.5, 0.6) is 0 Å². The molecule has 3 atom stereocenters. The van der Waals surface area contributed by atoms with Gasteiger partial charge in [0.15, 0.2) is 0 Å². The van der Waals surface area contributed by atoms with Crippen molar-refractivity contribution in [1.29, 1.82) is 0 Å². The maximum Gasteiger partial charge on any atom is 0.105 e. The van der Waals surface area contributed by atoms with Gasteiger partial charge in [-0.1, -0.05) is 24.3 Å². The number of benzene rings is 1. The Morgan fingerprint density at radius 3 is 2.59 bits per heavy atom. The number of aliphatic hydroxyl groups is 1. The molecule has 5 heteroatoms. The second kappa shape index (κ2) is 6.43. The lowest BCUT2D eigenvalue weighted by Crippen LogP contribution is -2.52. The van der Waals surface area contributed by atoms with Crippen LogP contribution in [0.4, 0.5) is 0 Å². The molecule has 3 aromatic rings. The van der Waals surface area contributed by atoms with Gasteiger partial charge in [-0.2, -0.15) is 0 Å². The molecule has 1 aromatic carbocycles. The maximum absolute atomic E-state index is 11.3. The van der Waals surface area contributed by atoms with E-state index in [4.69, 9.17) is 0 Å². The van der Waals surface area contributed by atoms with E-state index in [1.807, 2.05) is 31.6 Å². The average Bonchev–Trinajstić information content (AvgIpc) is 3.16. The van der Waals surface area contributed by atoms with Gasteiger partial charge in [0.05, 0.1) is 17.7 Å². The molecule has 27 heavy (non-hydrogen) atoms. The number of hydrogen-bond donors (Lipinski definition) is 1. The van der Waals surface area contributed by atoms with Gasteiger partial charge < -0.3 is 9.67 Å². The highest BCUT2D eigenvalue weighted by atomic mass is 16.3. The van der Waals surface area contributed by atoms with Gasteiger partial charge in [-0.25, -0.2) is 4.98 Å². The predicted octanol–water partition coefficient (Wildman–Crippen LogP) is 3.30. The number of hydrogen-bond acceptors (Lipinski definition) is 4. The van der Waals surface area contributed by atoms with Crippen LogP contribution in [0.3, 0.4) is 0 Å². The summed E-state index contributed by atoms with van der Waals surface area (Å²) in [5, 5.41) is 12.5. The van der Waals surface area contributed by atoms with E-state index in [0.717, 1.165) is 30.7 Å². The fraction of sp³-hybridized carbons (Fsp3) is 0.455. The Labute approximate surface area is 159 Å². The van der Waals surface area contributed by atoms with E-state index in [0.29, 0.717) is 18.6 Å². The van der Waals surface area contributed by atoms with Gasteiger partial charge in [-0.15, -0.1) is 0 Å². The third-order valence-electron chi connectivity index (χ3n) is 6.46. The summed E-state index contributed by atoms with van der Waals surface area (Å²) in [6.45, 7) is 3.57. The zero-order chi connectivity index (χ0) is 18.4. The van der Waals surface area contributed by atoms with E-state index in [1.54, 1.807) is 0 Å². The highest BCUT2D eigenvalue weighted by Crippen LogP contribution is 2.42. The molecule has 0 amide bonds. The molecule has 0 aliphatic carbocycles. The first-order chi connectivity index (χ1) is 13.1. The molecule has 1 N–H and O–H groups in total. The van der Waals surface area contributed by atoms with Gasteiger partial charge in [0.25, 0.3) is 0 Å². The molecule has 2 aliphatic rings. The third kappa shape index (κ3) is 3.05. The van der Waals surface area contributed by atoms with Gasteiger partial charge >= 0.3 is 0 Å². The Balaban J connectivity index is 1.37. The molecule has 0 saturated carbocycles. The lowest BCUT2D eigenvalue weighted by Gasteiger charge is -2.44. The minimum absolute atomic E-state index is 0.441. The first-order valence-electron chi connectivity index (χ1n) is 9.90. The molecule has 2 fully saturated rings. The summed E-state index contributed by atoms with van der Waals surface area (Å²) in [7, 11) is 0. The highest BCUT2D eigenvalue weighted by Gasteiger charge is 2.47. The summed E-state index contributed by atoms with van der Waals surface area (Å²) in [6, 6.07) is 11.5. The number of nitrogens with zero attached hydrogens (tertiary/aromatic N) is 4. The predicted molar refractivity (Wildman–Crippen MR) is 105 cm³/mol. The zero-order valence-corrected chi connectivity index (χ0v) is 15.8. The van der Waals surface area contributed by atoms with Crippen molar-refractivity contribution in [2.75, 3.05) is 0 Å². The van der Waals surface area contributed by atoms with E-state index in [-0.39, 0.29) is 0 Å². The number of fused-ring (bicyclic) bond motifs is 3. The quantitative estimate of drug-likeness (QED) is 0.774. The molecule has 140 valence electrons. The van der Waals surface area contributed by atoms with Gasteiger partial charge in [0, 0.05) is 42.6 Å². The van der Waals surface area contributed by atoms with E-state index >= 15 is 0 Å². The topological polar surface area (TPSA) is 54.2 Å². The lowest BCUT2D eigenvalue weighted by molar-refractivity contribution is -0.0653. The zero-order valence-electron chi connectivity index (χ0n) is 15.8. The molecule has 5 nitrogen and oxygen atoms in total. The molecule has 0 radical (unpaired) electrons. The van der Waals surface area contributed by atoms with Crippen molar-refractivity contribution in [1.82, 2.24) is 19.4 Å². The molecule has 2 saturated heterocycles. The number of para-hydroxylation sites is 1.